The molecule has 5 N–H and O–H groups in total. The first-order chi connectivity index (χ1) is 12.9. The molecule has 0 bridgehead atoms. The zero-order valence-electron chi connectivity index (χ0n) is 15.8. The molecule has 1 aliphatic heterocycles. The van der Waals surface area contributed by atoms with Gasteiger partial charge in [-0.1, -0.05) is 25.4 Å². The van der Waals surface area contributed by atoms with E-state index in [0.717, 1.165) is 22.1 Å². The van der Waals surface area contributed by atoms with Crippen LogP contribution >= 0.6 is 23.4 Å². The highest BCUT2D eigenvalue weighted by Crippen LogP contribution is 2.23. The minimum Gasteiger partial charge on any atom is -0.351 e. The molecule has 150 valence electrons. The molecule has 1 fully saturated rings. The second kappa shape index (κ2) is 10.9. The van der Waals surface area contributed by atoms with E-state index in [2.05, 4.69) is 29.8 Å². The number of rotatable bonds is 9. The molecule has 1 heterocycles. The highest BCUT2D eigenvalue weighted by molar-refractivity contribution is 7.99. The average molecular weight is 413 g/mol. The standard InChI is InChI=1S/C19H29ClN4O2S/c1-12(2)7-15(11-27-16-5-3-13(20)4-6-16)24-19(26)17-8-14(10-22-17)23-18(25)9-21/h3-6,12,14-15,17,22H,7-11,21H2,1-2H3,(H,23,25)(H,24,26)/t14-,15?,17+/m1/s1. The SMILES string of the molecule is CC(C)CC(CSc1ccc(Cl)cc1)NC(=O)[C@@H]1C[C@@H](NC(=O)CN)CN1. The van der Waals surface area contributed by atoms with Crippen molar-refractivity contribution < 1.29 is 9.59 Å². The van der Waals surface area contributed by atoms with Crippen LogP contribution in [0.15, 0.2) is 29.2 Å². The molecule has 0 radical (unpaired) electrons. The van der Waals surface area contributed by atoms with Gasteiger partial charge in [-0.05, 0) is 43.0 Å². The van der Waals surface area contributed by atoms with Gasteiger partial charge in [0.05, 0.1) is 12.6 Å². The zero-order valence-corrected chi connectivity index (χ0v) is 17.4. The van der Waals surface area contributed by atoms with E-state index in [1.54, 1.807) is 11.8 Å². The molecule has 1 aliphatic rings. The van der Waals surface area contributed by atoms with Crippen LogP contribution in [0.4, 0.5) is 0 Å². The molecule has 8 heteroatoms. The number of carbonyl (C=O) groups is 2. The third kappa shape index (κ3) is 7.70. The Balaban J connectivity index is 1.86. The fraction of sp³-hybridized carbons (Fsp3) is 0.579. The Morgan fingerprint density at radius 3 is 2.67 bits per heavy atom. The van der Waals surface area contributed by atoms with Crippen LogP contribution in [0.2, 0.25) is 5.02 Å². The number of amides is 2. The molecule has 2 rings (SSSR count). The summed E-state index contributed by atoms with van der Waals surface area (Å²) in [6, 6.07) is 7.47. The van der Waals surface area contributed by atoms with Crippen LogP contribution in [-0.4, -0.2) is 48.8 Å². The van der Waals surface area contributed by atoms with Gasteiger partial charge < -0.3 is 21.7 Å². The van der Waals surface area contributed by atoms with E-state index in [4.69, 9.17) is 17.3 Å². The minimum atomic E-state index is -0.289. The van der Waals surface area contributed by atoms with Crippen molar-refractivity contribution in [1.82, 2.24) is 16.0 Å². The van der Waals surface area contributed by atoms with Crippen molar-refractivity contribution in [1.29, 1.82) is 0 Å². The largest absolute Gasteiger partial charge is 0.351 e. The van der Waals surface area contributed by atoms with Gasteiger partial charge in [0.1, 0.15) is 0 Å². The van der Waals surface area contributed by atoms with E-state index in [1.807, 2.05) is 24.3 Å². The first-order valence-electron chi connectivity index (χ1n) is 9.29. The topological polar surface area (TPSA) is 96.2 Å². The Hall–Kier alpha value is -1.28. The monoisotopic (exact) mass is 412 g/mol. The fourth-order valence-corrected chi connectivity index (χ4v) is 4.17. The molecular formula is C19H29ClN4O2S. The molecule has 1 aromatic rings. The van der Waals surface area contributed by atoms with E-state index >= 15 is 0 Å². The quantitative estimate of drug-likeness (QED) is 0.463. The minimum absolute atomic E-state index is 0.0122. The Kier molecular flexibility index (Phi) is 8.89. The fourth-order valence-electron chi connectivity index (χ4n) is 3.10. The van der Waals surface area contributed by atoms with Crippen LogP contribution in [0.1, 0.15) is 26.7 Å². The summed E-state index contributed by atoms with van der Waals surface area (Å²) in [4.78, 5) is 25.2. The predicted octanol–water partition coefficient (Wildman–Crippen LogP) is 1.77. The summed E-state index contributed by atoms with van der Waals surface area (Å²) in [6.45, 7) is 4.85. The average Bonchev–Trinajstić information content (AvgIpc) is 3.09. The second-order valence-corrected chi connectivity index (χ2v) is 8.79. The Bertz CT molecular complexity index is 627. The predicted molar refractivity (Wildman–Crippen MR) is 111 cm³/mol. The summed E-state index contributed by atoms with van der Waals surface area (Å²) >= 11 is 7.64. The summed E-state index contributed by atoms with van der Waals surface area (Å²) in [6.07, 6.45) is 1.49. The van der Waals surface area contributed by atoms with Crippen molar-refractivity contribution in [3.8, 4) is 0 Å². The van der Waals surface area contributed by atoms with Crippen molar-refractivity contribution in [2.45, 2.75) is 49.7 Å². The third-order valence-corrected chi connectivity index (χ3v) is 5.79. The van der Waals surface area contributed by atoms with E-state index in [1.165, 1.54) is 0 Å². The maximum absolute atomic E-state index is 12.7. The first-order valence-corrected chi connectivity index (χ1v) is 10.6. The molecule has 1 unspecified atom stereocenters. The van der Waals surface area contributed by atoms with Crippen molar-refractivity contribution in [2.75, 3.05) is 18.8 Å². The van der Waals surface area contributed by atoms with E-state index in [9.17, 15) is 9.59 Å². The maximum atomic E-state index is 12.7. The summed E-state index contributed by atoms with van der Waals surface area (Å²) in [7, 11) is 0. The molecule has 0 aliphatic carbocycles. The van der Waals surface area contributed by atoms with E-state index < -0.39 is 0 Å². The number of halogens is 1. The van der Waals surface area contributed by atoms with Crippen LogP contribution in [0.3, 0.4) is 0 Å². The lowest BCUT2D eigenvalue weighted by Gasteiger charge is -2.22. The highest BCUT2D eigenvalue weighted by atomic mass is 35.5. The van der Waals surface area contributed by atoms with Crippen LogP contribution in [0.25, 0.3) is 0 Å². The molecule has 27 heavy (non-hydrogen) atoms. The number of benzene rings is 1. The summed E-state index contributed by atoms with van der Waals surface area (Å²) < 4.78 is 0. The van der Waals surface area contributed by atoms with Crippen molar-refractivity contribution in [3.63, 3.8) is 0 Å². The summed E-state index contributed by atoms with van der Waals surface area (Å²) in [5, 5.41) is 9.91. The number of hydrogen-bond donors (Lipinski definition) is 4. The van der Waals surface area contributed by atoms with Crippen LogP contribution < -0.4 is 21.7 Å². The highest BCUT2D eigenvalue weighted by Gasteiger charge is 2.31. The smallest absolute Gasteiger partial charge is 0.237 e. The van der Waals surface area contributed by atoms with Crippen LogP contribution in [-0.2, 0) is 9.59 Å². The number of nitrogens with one attached hydrogen (secondary N) is 3. The lowest BCUT2D eigenvalue weighted by Crippen LogP contribution is -2.46. The van der Waals surface area contributed by atoms with Crippen molar-refractivity contribution in [3.05, 3.63) is 29.3 Å². The summed E-state index contributed by atoms with van der Waals surface area (Å²) in [5.74, 6) is 1.07. The van der Waals surface area contributed by atoms with Crippen LogP contribution in [0, 0.1) is 5.92 Å². The van der Waals surface area contributed by atoms with E-state index in [-0.39, 0.29) is 36.5 Å². The first kappa shape index (κ1) is 22.0. The molecule has 2 amide bonds. The van der Waals surface area contributed by atoms with Gasteiger partial charge in [-0.3, -0.25) is 9.59 Å². The number of hydrogen-bond acceptors (Lipinski definition) is 5. The molecule has 1 saturated heterocycles. The molecule has 1 aromatic carbocycles. The van der Waals surface area contributed by atoms with Gasteiger partial charge in [-0.25, -0.2) is 0 Å². The lowest BCUT2D eigenvalue weighted by molar-refractivity contribution is -0.124. The molecule has 3 atom stereocenters. The number of carbonyl (C=O) groups excluding carboxylic acids is 2. The summed E-state index contributed by atoms with van der Waals surface area (Å²) in [5.41, 5.74) is 5.32. The van der Waals surface area contributed by atoms with Crippen molar-refractivity contribution in [2.24, 2.45) is 11.7 Å². The Morgan fingerprint density at radius 2 is 2.04 bits per heavy atom. The van der Waals surface area contributed by atoms with Gasteiger partial charge in [0.15, 0.2) is 0 Å². The third-order valence-electron chi connectivity index (χ3n) is 4.36. The zero-order chi connectivity index (χ0) is 19.8. The maximum Gasteiger partial charge on any atom is 0.237 e. The van der Waals surface area contributed by atoms with Gasteiger partial charge in [0.25, 0.3) is 0 Å². The molecule has 0 saturated carbocycles. The van der Waals surface area contributed by atoms with Crippen molar-refractivity contribution >= 4 is 35.2 Å². The lowest BCUT2D eigenvalue weighted by atomic mass is 10.0. The van der Waals surface area contributed by atoms with Crippen LogP contribution in [0.5, 0.6) is 0 Å². The molecule has 0 aromatic heterocycles. The molecule has 0 spiro atoms. The molecular weight excluding hydrogens is 384 g/mol. The van der Waals surface area contributed by atoms with Gasteiger partial charge in [0.2, 0.25) is 11.8 Å². The van der Waals surface area contributed by atoms with Gasteiger partial charge in [-0.15, -0.1) is 11.8 Å². The van der Waals surface area contributed by atoms with Gasteiger partial charge >= 0.3 is 0 Å². The Morgan fingerprint density at radius 1 is 1.33 bits per heavy atom. The normalized spacial score (nSPS) is 20.5. The molecule has 6 nitrogen and oxygen atoms in total. The number of thioether (sulfide) groups is 1. The van der Waals surface area contributed by atoms with Gasteiger partial charge in [0, 0.05) is 34.3 Å². The number of nitrogens with two attached hydrogens (primary N) is 1. The van der Waals surface area contributed by atoms with E-state index in [0.29, 0.717) is 18.9 Å². The second-order valence-electron chi connectivity index (χ2n) is 7.27. The van der Waals surface area contributed by atoms with Gasteiger partial charge in [-0.2, -0.15) is 0 Å². The Labute approximate surface area is 170 Å².